The molecule has 1 N–H and O–H groups in total. The molecule has 1 aliphatic rings. The molecule has 0 aromatic heterocycles. The number of aliphatic hydroxyl groups is 1. The summed E-state index contributed by atoms with van der Waals surface area (Å²) >= 11 is 1.26. The van der Waals surface area contributed by atoms with Crippen LogP contribution in [0.2, 0.25) is 0 Å². The molecule has 0 radical (unpaired) electrons. The van der Waals surface area contributed by atoms with Crippen LogP contribution < -0.4 is 9.64 Å². The minimum absolute atomic E-state index is 0. The molecule has 0 spiro atoms. The van der Waals surface area contributed by atoms with E-state index in [1.54, 1.807) is 55.6 Å². The lowest BCUT2D eigenvalue weighted by atomic mass is 10.1. The van der Waals surface area contributed by atoms with Crippen molar-refractivity contribution >= 4 is 35.8 Å². The molecule has 3 rings (SSSR count). The highest BCUT2D eigenvalue weighted by molar-refractivity contribution is 7.99. The van der Waals surface area contributed by atoms with Gasteiger partial charge in [-0.15, -0.1) is 24.2 Å². The fraction of sp³-hybridized carbons (Fsp3) is 0.350. The number of hydrogen-bond acceptors (Lipinski definition) is 5. The summed E-state index contributed by atoms with van der Waals surface area (Å²) < 4.78 is 44.8. The fourth-order valence-electron chi connectivity index (χ4n) is 2.71. The number of aliphatic hydroxyl groups excluding tert-OH is 1. The van der Waals surface area contributed by atoms with Gasteiger partial charge in [0.2, 0.25) is 0 Å². The Bertz CT molecular complexity index is 946. The van der Waals surface area contributed by atoms with Crippen molar-refractivity contribution in [3.63, 3.8) is 0 Å². The Kier molecular flexibility index (Phi) is 5.33. The molecule has 1 amide bonds. The molecule has 27 heavy (non-hydrogen) atoms. The number of carbonyl (C=O) groups excluding carboxylic acids is 1. The minimum Gasteiger partial charge on any atom is -0.497 e. The van der Waals surface area contributed by atoms with Crippen LogP contribution in [0.4, 0.5) is 5.69 Å². The summed E-state index contributed by atoms with van der Waals surface area (Å²) in [7, 11) is 2.81. The van der Waals surface area contributed by atoms with Gasteiger partial charge in [0.25, 0.3) is 5.91 Å². The number of hydrogen-bond donors (Lipinski definition) is 1. The molecule has 2 aromatic carbocycles. The Balaban J connectivity index is 0.00000363. The van der Waals surface area contributed by atoms with E-state index < -0.39 is 37.3 Å². The van der Waals surface area contributed by atoms with Crippen LogP contribution in [0, 0.1) is 0 Å². The highest BCUT2D eigenvalue weighted by Gasteiger charge is 2.37. The molecule has 7 heteroatoms. The lowest BCUT2D eigenvalue weighted by Gasteiger charge is -2.26. The van der Waals surface area contributed by atoms with Crippen LogP contribution in [0.5, 0.6) is 5.75 Å². The summed E-state index contributed by atoms with van der Waals surface area (Å²) in [5.74, 6) is -0.198. The first-order chi connectivity index (χ1) is 14.5. The molecule has 1 heterocycles. The van der Waals surface area contributed by atoms with Crippen molar-refractivity contribution in [3.8, 4) is 5.75 Å². The van der Waals surface area contributed by atoms with Crippen LogP contribution in [0.1, 0.15) is 17.7 Å². The van der Waals surface area contributed by atoms with Crippen molar-refractivity contribution in [1.29, 1.82) is 0 Å². The number of amides is 1. The maximum atomic E-state index is 13.3. The van der Waals surface area contributed by atoms with Gasteiger partial charge < -0.3 is 19.6 Å². The SMILES string of the molecule is Cl.[2H]C([2H])([2H])N(C)CC([2H])([2H])N1C(=O)[C@H](O)[C@H](c2ccc(OC)cc2)Sc2ccccc21. The third kappa shape index (κ3) is 4.76. The normalized spacial score (nSPS) is 23.0. The van der Waals surface area contributed by atoms with E-state index in [2.05, 4.69) is 0 Å². The monoisotopic (exact) mass is 413 g/mol. The lowest BCUT2D eigenvalue weighted by molar-refractivity contribution is -0.126. The number of benzene rings is 2. The van der Waals surface area contributed by atoms with E-state index in [4.69, 9.17) is 11.6 Å². The van der Waals surface area contributed by atoms with E-state index in [1.807, 2.05) is 0 Å². The van der Waals surface area contributed by atoms with Gasteiger partial charge in [-0.1, -0.05) is 24.3 Å². The van der Waals surface area contributed by atoms with Crippen molar-refractivity contribution in [2.45, 2.75) is 16.2 Å². The number of thioether (sulfide) groups is 1. The van der Waals surface area contributed by atoms with Gasteiger partial charge in [0.15, 0.2) is 0 Å². The number of methoxy groups -OCH3 is 1. The van der Waals surface area contributed by atoms with Crippen molar-refractivity contribution in [2.24, 2.45) is 0 Å². The molecule has 2 aromatic rings. The molecule has 2 atom stereocenters. The molecule has 0 unspecified atom stereocenters. The van der Waals surface area contributed by atoms with E-state index in [0.717, 1.165) is 9.80 Å². The van der Waals surface area contributed by atoms with E-state index in [1.165, 1.54) is 18.8 Å². The number of halogens is 1. The third-order valence-electron chi connectivity index (χ3n) is 4.03. The molecule has 5 nitrogen and oxygen atoms in total. The average Bonchev–Trinajstić information content (AvgIpc) is 2.82. The van der Waals surface area contributed by atoms with Crippen LogP contribution in [0.15, 0.2) is 53.4 Å². The van der Waals surface area contributed by atoms with Crippen molar-refractivity contribution in [3.05, 3.63) is 54.1 Å². The van der Waals surface area contributed by atoms with Gasteiger partial charge in [-0.25, -0.2) is 0 Å². The molecule has 0 saturated heterocycles. The number of anilines is 1. The largest absolute Gasteiger partial charge is 0.497 e. The van der Waals surface area contributed by atoms with Crippen molar-refractivity contribution < 1.29 is 21.5 Å². The second-order valence-electron chi connectivity index (χ2n) is 5.91. The maximum absolute atomic E-state index is 13.3. The summed E-state index contributed by atoms with van der Waals surface area (Å²) in [6, 6.07) is 13.7. The zero-order valence-electron chi connectivity index (χ0n) is 20.0. The van der Waals surface area contributed by atoms with Gasteiger partial charge in [0.05, 0.1) is 20.8 Å². The van der Waals surface area contributed by atoms with Crippen LogP contribution in [-0.2, 0) is 4.79 Å². The summed E-state index contributed by atoms with van der Waals surface area (Å²) in [4.78, 5) is 15.7. The molecular formula is C20H25ClN2O3S. The maximum Gasteiger partial charge on any atom is 0.257 e. The molecule has 0 aliphatic carbocycles. The Morgan fingerprint density at radius 3 is 2.67 bits per heavy atom. The van der Waals surface area contributed by atoms with Crippen molar-refractivity contribution in [2.75, 3.05) is 39.1 Å². The second-order valence-corrected chi connectivity index (χ2v) is 7.10. The standard InChI is InChI=1S/C20H24N2O3S.ClH/c1-21(2)12-13-22-16-6-4-5-7-17(16)26-19(18(23)20(22)24)14-8-10-15(25-3)11-9-14;/h4-11,18-19,23H,12-13H2,1-3H3;1H/t18-,19+;/m1./s1/i1D3,13D2;. The predicted molar refractivity (Wildman–Crippen MR) is 112 cm³/mol. The highest BCUT2D eigenvalue weighted by Crippen LogP contribution is 2.45. The first-order valence-electron chi connectivity index (χ1n) is 10.6. The average molecular weight is 414 g/mol. The number of carbonyl (C=O) groups is 1. The van der Waals surface area contributed by atoms with Crippen LogP contribution >= 0.6 is 24.2 Å². The summed E-state index contributed by atoms with van der Waals surface area (Å²) in [5, 5.41) is 10.3. The van der Waals surface area contributed by atoms with Crippen LogP contribution in [0.25, 0.3) is 0 Å². The Hall–Kier alpha value is -1.73. The smallest absolute Gasteiger partial charge is 0.257 e. The molecule has 1 aliphatic heterocycles. The van der Waals surface area contributed by atoms with Crippen molar-refractivity contribution in [1.82, 2.24) is 4.90 Å². The number of nitrogens with zero attached hydrogens (tertiary/aromatic N) is 2. The second kappa shape index (κ2) is 9.46. The number of para-hydroxylation sites is 1. The van der Waals surface area contributed by atoms with E-state index >= 15 is 0 Å². The van der Waals surface area contributed by atoms with E-state index in [9.17, 15) is 9.90 Å². The zero-order chi connectivity index (χ0) is 23.0. The van der Waals surface area contributed by atoms with Gasteiger partial charge in [0, 0.05) is 22.0 Å². The zero-order valence-corrected chi connectivity index (χ0v) is 16.6. The minimum atomic E-state index is -2.53. The number of likely N-dealkylation sites (N-methyl/N-ethyl adjacent to an activating group) is 1. The Morgan fingerprint density at radius 2 is 2.00 bits per heavy atom. The molecule has 0 bridgehead atoms. The van der Waals surface area contributed by atoms with Gasteiger partial charge >= 0.3 is 0 Å². The van der Waals surface area contributed by atoms with Crippen LogP contribution in [-0.4, -0.2) is 56.2 Å². The quantitative estimate of drug-likeness (QED) is 0.815. The van der Waals surface area contributed by atoms with Gasteiger partial charge in [0.1, 0.15) is 11.9 Å². The topological polar surface area (TPSA) is 53.0 Å². The summed E-state index contributed by atoms with van der Waals surface area (Å²) in [5.41, 5.74) is 0.972. The third-order valence-corrected chi connectivity index (χ3v) is 5.41. The summed E-state index contributed by atoms with van der Waals surface area (Å²) in [6.45, 7) is -5.47. The number of rotatable bonds is 5. The van der Waals surface area contributed by atoms with Gasteiger partial charge in [-0.2, -0.15) is 0 Å². The van der Waals surface area contributed by atoms with Gasteiger partial charge in [-0.05, 0) is 43.9 Å². The predicted octanol–water partition coefficient (Wildman–Crippen LogP) is 3.22. The molecule has 0 saturated carbocycles. The molecular weight excluding hydrogens is 384 g/mol. The fourth-order valence-corrected chi connectivity index (χ4v) is 3.96. The molecule has 0 fully saturated rings. The Morgan fingerprint density at radius 1 is 1.30 bits per heavy atom. The molecule has 146 valence electrons. The van der Waals surface area contributed by atoms with Crippen LogP contribution in [0.3, 0.4) is 0 Å². The van der Waals surface area contributed by atoms with E-state index in [0.29, 0.717) is 16.2 Å². The first kappa shape index (κ1) is 15.2. The van der Waals surface area contributed by atoms with E-state index in [-0.39, 0.29) is 18.1 Å². The lowest BCUT2D eigenvalue weighted by Crippen LogP contribution is -2.43. The number of ether oxygens (including phenoxy) is 1. The Labute approximate surface area is 177 Å². The summed E-state index contributed by atoms with van der Waals surface area (Å²) in [6.07, 6.45) is -1.54. The van der Waals surface area contributed by atoms with Gasteiger partial charge in [-0.3, -0.25) is 4.79 Å². The first-order valence-corrected chi connectivity index (χ1v) is 8.96. The number of fused-ring (bicyclic) bond motifs is 1. The highest BCUT2D eigenvalue weighted by atomic mass is 35.5.